The summed E-state index contributed by atoms with van der Waals surface area (Å²) in [6, 6.07) is 0. The van der Waals surface area contributed by atoms with Crippen LogP contribution in [0.5, 0.6) is 0 Å². The third-order valence-electron chi connectivity index (χ3n) is 2.74. The minimum absolute atomic E-state index is 0.0398. The van der Waals surface area contributed by atoms with Crippen LogP contribution in [0.1, 0.15) is 19.3 Å². The Morgan fingerprint density at radius 1 is 1.71 bits per heavy atom. The third-order valence-corrected chi connectivity index (χ3v) is 3.86. The number of anilines is 1. The lowest BCUT2D eigenvalue weighted by molar-refractivity contribution is -0.0601. The standard InChI is InChI=1S/C9H13ClN2OS/c1-13-9(3-2-4-9)6-11-8-12-7(10)5-14-8/h5H,2-4,6H2,1H3,(H,11,12). The third kappa shape index (κ3) is 2.02. The molecule has 0 aromatic carbocycles. The Labute approximate surface area is 92.4 Å². The molecule has 1 aromatic heterocycles. The van der Waals surface area contributed by atoms with Crippen LogP contribution in [0.3, 0.4) is 0 Å². The molecule has 0 amide bonds. The first-order chi connectivity index (χ1) is 6.74. The van der Waals surface area contributed by atoms with Crippen LogP contribution in [0.15, 0.2) is 5.38 Å². The largest absolute Gasteiger partial charge is 0.376 e. The van der Waals surface area contributed by atoms with Gasteiger partial charge in [0.1, 0.15) is 5.15 Å². The molecule has 1 aliphatic rings. The molecule has 1 fully saturated rings. The van der Waals surface area contributed by atoms with E-state index in [0.29, 0.717) is 5.15 Å². The lowest BCUT2D eigenvalue weighted by Gasteiger charge is -2.40. The van der Waals surface area contributed by atoms with Crippen molar-refractivity contribution >= 4 is 28.1 Å². The van der Waals surface area contributed by atoms with Gasteiger partial charge in [0.05, 0.1) is 5.60 Å². The predicted octanol–water partition coefficient (Wildman–Crippen LogP) is 2.78. The zero-order valence-electron chi connectivity index (χ0n) is 8.05. The lowest BCUT2D eigenvalue weighted by Crippen LogP contribution is -2.45. The molecule has 78 valence electrons. The highest BCUT2D eigenvalue weighted by atomic mass is 35.5. The van der Waals surface area contributed by atoms with E-state index in [1.54, 1.807) is 7.11 Å². The normalized spacial score (nSPS) is 19.0. The summed E-state index contributed by atoms with van der Waals surface area (Å²) >= 11 is 7.25. The average molecular weight is 233 g/mol. The van der Waals surface area contributed by atoms with Gasteiger partial charge in [-0.15, -0.1) is 11.3 Å². The van der Waals surface area contributed by atoms with Crippen molar-refractivity contribution in [3.05, 3.63) is 10.5 Å². The van der Waals surface area contributed by atoms with Crippen LogP contribution in [0.25, 0.3) is 0 Å². The average Bonchev–Trinajstić information content (AvgIpc) is 2.50. The summed E-state index contributed by atoms with van der Waals surface area (Å²) in [5.41, 5.74) is 0.0398. The number of nitrogens with zero attached hydrogens (tertiary/aromatic N) is 1. The summed E-state index contributed by atoms with van der Waals surface area (Å²) in [5, 5.41) is 6.51. The molecule has 0 aliphatic heterocycles. The molecule has 1 aromatic rings. The van der Waals surface area contributed by atoms with Gasteiger partial charge in [0.15, 0.2) is 5.13 Å². The number of nitrogens with one attached hydrogen (secondary N) is 1. The van der Waals surface area contributed by atoms with Crippen molar-refractivity contribution in [1.29, 1.82) is 0 Å². The maximum atomic E-state index is 5.72. The molecule has 1 saturated carbocycles. The van der Waals surface area contributed by atoms with Crippen molar-refractivity contribution in [2.75, 3.05) is 19.0 Å². The number of halogens is 1. The molecule has 5 heteroatoms. The molecule has 0 atom stereocenters. The molecule has 2 rings (SSSR count). The Morgan fingerprint density at radius 3 is 2.93 bits per heavy atom. The highest BCUT2D eigenvalue weighted by molar-refractivity contribution is 7.14. The van der Waals surface area contributed by atoms with Gasteiger partial charge in [0.2, 0.25) is 0 Å². The van der Waals surface area contributed by atoms with Gasteiger partial charge < -0.3 is 10.1 Å². The molecule has 1 N–H and O–H groups in total. The van der Waals surface area contributed by atoms with Crippen LogP contribution in [0, 0.1) is 0 Å². The van der Waals surface area contributed by atoms with Gasteiger partial charge in [0, 0.05) is 19.0 Å². The Bertz CT molecular complexity index is 306. The van der Waals surface area contributed by atoms with Crippen LogP contribution in [-0.2, 0) is 4.74 Å². The maximum Gasteiger partial charge on any atom is 0.184 e. The summed E-state index contributed by atoms with van der Waals surface area (Å²) < 4.78 is 5.48. The smallest absolute Gasteiger partial charge is 0.184 e. The molecule has 0 saturated heterocycles. The van der Waals surface area contributed by atoms with Crippen molar-refractivity contribution in [3.8, 4) is 0 Å². The summed E-state index contributed by atoms with van der Waals surface area (Å²) in [5.74, 6) is 0. The van der Waals surface area contributed by atoms with Gasteiger partial charge in [-0.25, -0.2) is 4.98 Å². The van der Waals surface area contributed by atoms with E-state index < -0.39 is 0 Å². The molecular formula is C9H13ClN2OS. The second-order valence-electron chi connectivity index (χ2n) is 3.57. The van der Waals surface area contributed by atoms with Gasteiger partial charge >= 0.3 is 0 Å². The van der Waals surface area contributed by atoms with Gasteiger partial charge in [-0.2, -0.15) is 0 Å². The second-order valence-corrected chi connectivity index (χ2v) is 4.81. The van der Waals surface area contributed by atoms with Crippen LogP contribution < -0.4 is 5.32 Å². The predicted molar refractivity (Wildman–Crippen MR) is 59.2 cm³/mol. The van der Waals surface area contributed by atoms with Crippen molar-refractivity contribution < 1.29 is 4.74 Å². The fourth-order valence-electron chi connectivity index (χ4n) is 1.60. The minimum atomic E-state index is 0.0398. The first-order valence-electron chi connectivity index (χ1n) is 4.64. The van der Waals surface area contributed by atoms with E-state index in [9.17, 15) is 0 Å². The first-order valence-corrected chi connectivity index (χ1v) is 5.90. The Balaban J connectivity index is 1.87. The Morgan fingerprint density at radius 2 is 2.50 bits per heavy atom. The highest BCUT2D eigenvalue weighted by Gasteiger charge is 2.36. The first kappa shape index (κ1) is 10.2. The molecule has 1 aliphatic carbocycles. The van der Waals surface area contributed by atoms with Gasteiger partial charge in [-0.05, 0) is 19.3 Å². The van der Waals surface area contributed by atoms with Gasteiger partial charge in [-0.3, -0.25) is 0 Å². The fourth-order valence-corrected chi connectivity index (χ4v) is 2.43. The zero-order valence-corrected chi connectivity index (χ0v) is 9.62. The van der Waals surface area contributed by atoms with E-state index in [4.69, 9.17) is 16.3 Å². The van der Waals surface area contributed by atoms with Gasteiger partial charge in [0.25, 0.3) is 0 Å². The number of methoxy groups -OCH3 is 1. The zero-order chi connectivity index (χ0) is 10.0. The lowest BCUT2D eigenvalue weighted by atomic mass is 9.80. The highest BCUT2D eigenvalue weighted by Crippen LogP contribution is 2.35. The molecular weight excluding hydrogens is 220 g/mol. The van der Waals surface area contributed by atoms with E-state index in [0.717, 1.165) is 24.5 Å². The van der Waals surface area contributed by atoms with E-state index >= 15 is 0 Å². The molecule has 0 bridgehead atoms. The Hall–Kier alpha value is -0.320. The molecule has 0 spiro atoms. The summed E-state index contributed by atoms with van der Waals surface area (Å²) in [6.45, 7) is 0.827. The number of hydrogen-bond donors (Lipinski definition) is 1. The molecule has 14 heavy (non-hydrogen) atoms. The van der Waals surface area contributed by atoms with Gasteiger partial charge in [-0.1, -0.05) is 11.6 Å². The maximum absolute atomic E-state index is 5.72. The number of ether oxygens (including phenoxy) is 1. The SMILES string of the molecule is COC1(CNc2nc(Cl)cs2)CCC1. The monoisotopic (exact) mass is 232 g/mol. The summed E-state index contributed by atoms with van der Waals surface area (Å²) in [7, 11) is 1.77. The molecule has 0 radical (unpaired) electrons. The van der Waals surface area contributed by atoms with Crippen LogP contribution >= 0.6 is 22.9 Å². The van der Waals surface area contributed by atoms with E-state index in [1.807, 2.05) is 5.38 Å². The number of rotatable bonds is 4. The summed E-state index contributed by atoms with van der Waals surface area (Å²) in [4.78, 5) is 4.12. The second kappa shape index (κ2) is 4.04. The van der Waals surface area contributed by atoms with Crippen LogP contribution in [-0.4, -0.2) is 24.2 Å². The van der Waals surface area contributed by atoms with Crippen molar-refractivity contribution in [2.45, 2.75) is 24.9 Å². The van der Waals surface area contributed by atoms with Crippen molar-refractivity contribution in [2.24, 2.45) is 0 Å². The van der Waals surface area contributed by atoms with Crippen molar-refractivity contribution in [1.82, 2.24) is 4.98 Å². The van der Waals surface area contributed by atoms with E-state index in [-0.39, 0.29) is 5.60 Å². The molecule has 1 heterocycles. The topological polar surface area (TPSA) is 34.1 Å². The van der Waals surface area contributed by atoms with Crippen LogP contribution in [0.4, 0.5) is 5.13 Å². The number of hydrogen-bond acceptors (Lipinski definition) is 4. The Kier molecular flexibility index (Phi) is 2.95. The fraction of sp³-hybridized carbons (Fsp3) is 0.667. The quantitative estimate of drug-likeness (QED) is 0.867. The molecule has 0 unspecified atom stereocenters. The molecule has 3 nitrogen and oxygen atoms in total. The van der Waals surface area contributed by atoms with E-state index in [1.165, 1.54) is 17.8 Å². The summed E-state index contributed by atoms with van der Waals surface area (Å²) in [6.07, 6.45) is 3.53. The van der Waals surface area contributed by atoms with Crippen molar-refractivity contribution in [3.63, 3.8) is 0 Å². The van der Waals surface area contributed by atoms with E-state index in [2.05, 4.69) is 10.3 Å². The van der Waals surface area contributed by atoms with Crippen LogP contribution in [0.2, 0.25) is 5.15 Å². The number of thiazole rings is 1. The minimum Gasteiger partial charge on any atom is -0.376 e. The number of aromatic nitrogens is 1.